The van der Waals surface area contributed by atoms with E-state index < -0.39 is 0 Å². The summed E-state index contributed by atoms with van der Waals surface area (Å²) in [6.45, 7) is 1.97. The lowest BCUT2D eigenvalue weighted by atomic mass is 10.1. The van der Waals surface area contributed by atoms with Crippen LogP contribution < -0.4 is 4.74 Å². The van der Waals surface area contributed by atoms with Gasteiger partial charge in [-0.05, 0) is 43.2 Å². The molecule has 2 rings (SSSR count). The molecule has 0 saturated carbocycles. The Kier molecular flexibility index (Phi) is 5.73. The summed E-state index contributed by atoms with van der Waals surface area (Å²) in [6.07, 6.45) is 2.12. The number of carbonyl (C=O) groups is 1. The van der Waals surface area contributed by atoms with Crippen LogP contribution in [0.5, 0.6) is 5.75 Å². The minimum absolute atomic E-state index is 0.0137. The van der Waals surface area contributed by atoms with Gasteiger partial charge in [-0.15, -0.1) is 0 Å². The molecule has 0 fully saturated rings. The zero-order valence-electron chi connectivity index (χ0n) is 12.6. The van der Waals surface area contributed by atoms with Crippen LogP contribution >= 0.6 is 11.6 Å². The maximum Gasteiger partial charge on any atom is 0.205 e. The van der Waals surface area contributed by atoms with Gasteiger partial charge in [0.2, 0.25) is 5.78 Å². The van der Waals surface area contributed by atoms with Crippen molar-refractivity contribution in [2.45, 2.75) is 19.4 Å². The zero-order chi connectivity index (χ0) is 15.9. The molecule has 0 aliphatic heterocycles. The predicted molar refractivity (Wildman–Crippen MR) is 90.4 cm³/mol. The molecule has 0 radical (unpaired) electrons. The Morgan fingerprint density at radius 1 is 1.23 bits per heavy atom. The van der Waals surface area contributed by atoms with Crippen molar-refractivity contribution in [2.24, 2.45) is 4.99 Å². The largest absolute Gasteiger partial charge is 0.497 e. The molecule has 2 aromatic rings. The monoisotopic (exact) mass is 315 g/mol. The summed E-state index contributed by atoms with van der Waals surface area (Å²) in [5, 5.41) is 0.446. The highest BCUT2D eigenvalue weighted by molar-refractivity contribution is 6.42. The Labute approximate surface area is 135 Å². The second-order valence-electron chi connectivity index (χ2n) is 5.02. The first-order valence-corrected chi connectivity index (χ1v) is 7.43. The van der Waals surface area contributed by atoms with Gasteiger partial charge in [-0.3, -0.25) is 9.79 Å². The van der Waals surface area contributed by atoms with E-state index in [0.29, 0.717) is 10.6 Å². The molecular formula is C18H18ClNO2. The van der Waals surface area contributed by atoms with E-state index in [9.17, 15) is 4.79 Å². The first kappa shape index (κ1) is 16.2. The Morgan fingerprint density at radius 3 is 2.55 bits per heavy atom. The Bertz CT molecular complexity index is 665. The number of nitrogens with zero attached hydrogens (tertiary/aromatic N) is 1. The molecule has 114 valence electrons. The van der Waals surface area contributed by atoms with E-state index in [1.165, 1.54) is 6.21 Å². The van der Waals surface area contributed by atoms with E-state index in [2.05, 4.69) is 4.99 Å². The van der Waals surface area contributed by atoms with Crippen molar-refractivity contribution >= 4 is 23.6 Å². The molecule has 4 heteroatoms. The lowest BCUT2D eigenvalue weighted by Crippen LogP contribution is -2.08. The molecule has 0 aromatic heterocycles. The molecule has 0 bridgehead atoms. The average molecular weight is 316 g/mol. The quantitative estimate of drug-likeness (QED) is 0.591. The third kappa shape index (κ3) is 4.43. The molecule has 0 heterocycles. The number of hydrogen-bond acceptors (Lipinski definition) is 3. The summed E-state index contributed by atoms with van der Waals surface area (Å²) >= 11 is 6.00. The van der Waals surface area contributed by atoms with Gasteiger partial charge in [-0.25, -0.2) is 0 Å². The Balaban J connectivity index is 1.97. The third-order valence-corrected chi connectivity index (χ3v) is 3.61. The molecule has 2 aromatic carbocycles. The van der Waals surface area contributed by atoms with Gasteiger partial charge in [-0.1, -0.05) is 35.9 Å². The van der Waals surface area contributed by atoms with Gasteiger partial charge in [-0.2, -0.15) is 0 Å². The second kappa shape index (κ2) is 7.76. The highest BCUT2D eigenvalue weighted by atomic mass is 35.5. The van der Waals surface area contributed by atoms with Crippen LogP contribution in [0.3, 0.4) is 0 Å². The lowest BCUT2D eigenvalue weighted by molar-refractivity contribution is 0.107. The molecule has 22 heavy (non-hydrogen) atoms. The molecule has 0 spiro atoms. The van der Waals surface area contributed by atoms with Gasteiger partial charge in [0.1, 0.15) is 5.75 Å². The van der Waals surface area contributed by atoms with Crippen molar-refractivity contribution < 1.29 is 9.53 Å². The number of rotatable bonds is 6. The highest BCUT2D eigenvalue weighted by Crippen LogP contribution is 2.15. The molecule has 0 saturated heterocycles. The van der Waals surface area contributed by atoms with E-state index >= 15 is 0 Å². The fourth-order valence-electron chi connectivity index (χ4n) is 2.08. The van der Waals surface area contributed by atoms with Crippen LogP contribution in [0.25, 0.3) is 0 Å². The summed E-state index contributed by atoms with van der Waals surface area (Å²) in [5.74, 6) is 0.654. The fourth-order valence-corrected chi connectivity index (χ4v) is 2.31. The van der Waals surface area contributed by atoms with E-state index in [0.717, 1.165) is 17.7 Å². The molecular weight excluding hydrogens is 298 g/mol. The SMILES string of the molecule is COc1ccc(CC(C)N=CC(=O)c2ccccc2Cl)cc1. The van der Waals surface area contributed by atoms with Crippen molar-refractivity contribution in [2.75, 3.05) is 7.11 Å². The summed E-state index contributed by atoms with van der Waals surface area (Å²) < 4.78 is 5.13. The van der Waals surface area contributed by atoms with E-state index in [-0.39, 0.29) is 11.8 Å². The minimum Gasteiger partial charge on any atom is -0.497 e. The Morgan fingerprint density at radius 2 is 1.91 bits per heavy atom. The van der Waals surface area contributed by atoms with Crippen molar-refractivity contribution in [1.82, 2.24) is 0 Å². The van der Waals surface area contributed by atoms with Gasteiger partial charge in [0.25, 0.3) is 0 Å². The lowest BCUT2D eigenvalue weighted by Gasteiger charge is -2.07. The van der Waals surface area contributed by atoms with Gasteiger partial charge in [0.05, 0.1) is 24.4 Å². The first-order valence-electron chi connectivity index (χ1n) is 7.05. The molecule has 1 unspecified atom stereocenters. The Hall–Kier alpha value is -2.13. The maximum absolute atomic E-state index is 12.1. The van der Waals surface area contributed by atoms with Gasteiger partial charge in [0.15, 0.2) is 0 Å². The van der Waals surface area contributed by atoms with E-state index in [1.54, 1.807) is 31.4 Å². The van der Waals surface area contributed by atoms with Crippen LogP contribution in [-0.4, -0.2) is 25.1 Å². The molecule has 0 N–H and O–H groups in total. The number of hydrogen-bond donors (Lipinski definition) is 0. The van der Waals surface area contributed by atoms with Crippen molar-refractivity contribution in [3.05, 3.63) is 64.7 Å². The number of aliphatic imine (C=N–C) groups is 1. The number of benzene rings is 2. The van der Waals surface area contributed by atoms with Gasteiger partial charge in [0, 0.05) is 5.56 Å². The third-order valence-electron chi connectivity index (χ3n) is 3.28. The van der Waals surface area contributed by atoms with Crippen molar-refractivity contribution in [3.8, 4) is 5.75 Å². The van der Waals surface area contributed by atoms with Crippen LogP contribution in [0.4, 0.5) is 0 Å². The number of halogens is 1. The van der Waals surface area contributed by atoms with Crippen molar-refractivity contribution in [3.63, 3.8) is 0 Å². The van der Waals surface area contributed by atoms with Crippen LogP contribution in [0.15, 0.2) is 53.5 Å². The zero-order valence-corrected chi connectivity index (χ0v) is 13.4. The van der Waals surface area contributed by atoms with Crippen LogP contribution in [0.1, 0.15) is 22.8 Å². The van der Waals surface area contributed by atoms with Crippen molar-refractivity contribution in [1.29, 1.82) is 0 Å². The van der Waals surface area contributed by atoms with E-state index in [1.807, 2.05) is 31.2 Å². The number of ketones is 1. The maximum atomic E-state index is 12.1. The second-order valence-corrected chi connectivity index (χ2v) is 5.43. The fraction of sp³-hybridized carbons (Fsp3) is 0.222. The standard InChI is InChI=1S/C18H18ClNO2/c1-13(11-14-7-9-15(22-2)10-8-14)20-12-18(21)16-5-3-4-6-17(16)19/h3-10,12-13H,11H2,1-2H3. The summed E-state index contributed by atoms with van der Waals surface area (Å²) in [4.78, 5) is 16.4. The van der Waals surface area contributed by atoms with Crippen LogP contribution in [0.2, 0.25) is 5.02 Å². The average Bonchev–Trinajstić information content (AvgIpc) is 2.54. The van der Waals surface area contributed by atoms with Crippen LogP contribution in [0, 0.1) is 0 Å². The first-order chi connectivity index (χ1) is 10.6. The number of methoxy groups -OCH3 is 1. The summed E-state index contributed by atoms with van der Waals surface area (Å²) in [7, 11) is 1.64. The molecule has 1 atom stereocenters. The minimum atomic E-state index is -0.174. The summed E-state index contributed by atoms with van der Waals surface area (Å²) in [6, 6.07) is 14.8. The van der Waals surface area contributed by atoms with Gasteiger partial charge >= 0.3 is 0 Å². The smallest absolute Gasteiger partial charge is 0.205 e. The van der Waals surface area contributed by atoms with Crippen LogP contribution in [-0.2, 0) is 6.42 Å². The number of Topliss-reactive ketones (excluding diaryl/α,β-unsaturated/α-hetero) is 1. The molecule has 0 amide bonds. The number of carbonyl (C=O) groups excluding carboxylic acids is 1. The molecule has 0 aliphatic carbocycles. The molecule has 3 nitrogen and oxygen atoms in total. The topological polar surface area (TPSA) is 38.7 Å². The predicted octanol–water partition coefficient (Wildman–Crippen LogP) is 4.23. The highest BCUT2D eigenvalue weighted by Gasteiger charge is 2.08. The number of ether oxygens (including phenoxy) is 1. The normalized spacial score (nSPS) is 12.3. The van der Waals surface area contributed by atoms with Gasteiger partial charge < -0.3 is 4.74 Å². The molecule has 0 aliphatic rings. The van der Waals surface area contributed by atoms with E-state index in [4.69, 9.17) is 16.3 Å². The summed E-state index contributed by atoms with van der Waals surface area (Å²) in [5.41, 5.74) is 1.63.